The molecule has 0 saturated carbocycles. The highest BCUT2D eigenvalue weighted by molar-refractivity contribution is 7.80. The van der Waals surface area contributed by atoms with Gasteiger partial charge in [0.15, 0.2) is 0 Å². The summed E-state index contributed by atoms with van der Waals surface area (Å²) >= 11 is 4.96. The highest BCUT2D eigenvalue weighted by Crippen LogP contribution is 2.17. The molecule has 0 aliphatic carbocycles. The molecule has 2 N–H and O–H groups in total. The van der Waals surface area contributed by atoms with Crippen LogP contribution in [0.4, 0.5) is 5.69 Å². The molecule has 0 aliphatic rings. The molecule has 116 valence electrons. The first kappa shape index (κ1) is 17.4. The van der Waals surface area contributed by atoms with Gasteiger partial charge in [-0.3, -0.25) is 9.78 Å². The van der Waals surface area contributed by atoms with Crippen molar-refractivity contribution in [2.45, 2.75) is 20.3 Å². The molecule has 1 rings (SSSR count). The quantitative estimate of drug-likeness (QED) is 0.780. The maximum atomic E-state index is 12.0. The van der Waals surface area contributed by atoms with Gasteiger partial charge in [0.2, 0.25) is 0 Å². The zero-order valence-corrected chi connectivity index (χ0v) is 14.0. The first-order valence-electron chi connectivity index (χ1n) is 7.02. The first-order valence-corrected chi connectivity index (χ1v) is 7.43. The number of pyridine rings is 1. The van der Waals surface area contributed by atoms with Crippen molar-refractivity contribution in [1.29, 1.82) is 0 Å². The third-order valence-electron chi connectivity index (χ3n) is 2.95. The van der Waals surface area contributed by atoms with Crippen LogP contribution in [0, 0.1) is 5.92 Å². The minimum Gasteiger partial charge on any atom is -0.393 e. The van der Waals surface area contributed by atoms with Gasteiger partial charge in [-0.25, -0.2) is 0 Å². The lowest BCUT2D eigenvalue weighted by molar-refractivity contribution is 0.0822. The van der Waals surface area contributed by atoms with Crippen molar-refractivity contribution in [3.63, 3.8) is 0 Å². The van der Waals surface area contributed by atoms with E-state index in [0.717, 1.165) is 18.8 Å². The van der Waals surface area contributed by atoms with E-state index in [1.54, 1.807) is 20.3 Å². The molecule has 1 aromatic heterocycles. The third kappa shape index (κ3) is 5.67. The summed E-state index contributed by atoms with van der Waals surface area (Å²) in [6.45, 7) is 5.93. The Bertz CT molecular complexity index is 502. The van der Waals surface area contributed by atoms with Gasteiger partial charge in [0.05, 0.1) is 4.99 Å². The summed E-state index contributed by atoms with van der Waals surface area (Å²) in [7, 11) is 3.44. The van der Waals surface area contributed by atoms with E-state index in [1.807, 2.05) is 12.1 Å². The van der Waals surface area contributed by atoms with Gasteiger partial charge in [-0.2, -0.15) is 0 Å². The van der Waals surface area contributed by atoms with E-state index >= 15 is 0 Å². The van der Waals surface area contributed by atoms with E-state index in [2.05, 4.69) is 23.7 Å². The van der Waals surface area contributed by atoms with E-state index in [1.165, 1.54) is 4.90 Å². The van der Waals surface area contributed by atoms with Crippen LogP contribution in [0.3, 0.4) is 0 Å². The largest absolute Gasteiger partial charge is 0.393 e. The Morgan fingerprint density at radius 2 is 2.10 bits per heavy atom. The summed E-state index contributed by atoms with van der Waals surface area (Å²) in [5.41, 5.74) is 7.02. The van der Waals surface area contributed by atoms with Crippen molar-refractivity contribution < 1.29 is 4.79 Å². The SMILES string of the molecule is CC(C)CN(CCC(N)=S)c1ccnc(C(=O)N(C)C)c1. The van der Waals surface area contributed by atoms with Crippen LogP contribution in [-0.4, -0.2) is 48.0 Å². The Balaban J connectivity index is 2.98. The lowest BCUT2D eigenvalue weighted by Crippen LogP contribution is -2.31. The molecule has 0 unspecified atom stereocenters. The van der Waals surface area contributed by atoms with Gasteiger partial charge in [0.25, 0.3) is 5.91 Å². The molecule has 0 aromatic carbocycles. The second-order valence-electron chi connectivity index (χ2n) is 5.66. The van der Waals surface area contributed by atoms with Crippen LogP contribution >= 0.6 is 12.2 Å². The van der Waals surface area contributed by atoms with Crippen molar-refractivity contribution in [3.8, 4) is 0 Å². The molecule has 0 fully saturated rings. The Morgan fingerprint density at radius 1 is 1.43 bits per heavy atom. The summed E-state index contributed by atoms with van der Waals surface area (Å²) < 4.78 is 0. The highest BCUT2D eigenvalue weighted by atomic mass is 32.1. The average molecular weight is 308 g/mol. The lowest BCUT2D eigenvalue weighted by atomic mass is 10.1. The molecule has 0 bridgehead atoms. The topological polar surface area (TPSA) is 62.5 Å². The van der Waals surface area contributed by atoms with E-state index in [-0.39, 0.29) is 5.91 Å². The normalized spacial score (nSPS) is 10.5. The minimum atomic E-state index is -0.101. The number of nitrogens with zero attached hydrogens (tertiary/aromatic N) is 3. The van der Waals surface area contributed by atoms with Crippen LogP contribution in [0.15, 0.2) is 18.3 Å². The van der Waals surface area contributed by atoms with Gasteiger partial charge in [-0.1, -0.05) is 26.1 Å². The van der Waals surface area contributed by atoms with Gasteiger partial charge in [-0.05, 0) is 18.1 Å². The fourth-order valence-corrected chi connectivity index (χ4v) is 2.07. The van der Waals surface area contributed by atoms with Crippen molar-refractivity contribution >= 4 is 28.8 Å². The molecule has 1 aromatic rings. The highest BCUT2D eigenvalue weighted by Gasteiger charge is 2.14. The zero-order chi connectivity index (χ0) is 16.0. The van der Waals surface area contributed by atoms with Crippen molar-refractivity contribution in [1.82, 2.24) is 9.88 Å². The number of aromatic nitrogens is 1. The molecule has 0 aliphatic heterocycles. The zero-order valence-electron chi connectivity index (χ0n) is 13.2. The Hall–Kier alpha value is -1.69. The number of carbonyl (C=O) groups is 1. The fourth-order valence-electron chi connectivity index (χ4n) is 1.97. The Morgan fingerprint density at radius 3 is 2.62 bits per heavy atom. The molecule has 0 radical (unpaired) electrons. The Kier molecular flexibility index (Phi) is 6.55. The number of rotatable bonds is 7. The standard InChI is InChI=1S/C15H24N4OS/c1-11(2)10-19(8-6-14(16)21)12-5-7-17-13(9-12)15(20)18(3)4/h5,7,9,11H,6,8,10H2,1-4H3,(H2,16,21). The van der Waals surface area contributed by atoms with Gasteiger partial charge in [0, 0.05) is 45.5 Å². The number of nitrogens with two attached hydrogens (primary N) is 1. The van der Waals surface area contributed by atoms with Crippen LogP contribution in [0.2, 0.25) is 0 Å². The number of hydrogen-bond donors (Lipinski definition) is 1. The molecule has 21 heavy (non-hydrogen) atoms. The number of amides is 1. The first-order chi connectivity index (χ1) is 9.81. The van der Waals surface area contributed by atoms with Crippen LogP contribution < -0.4 is 10.6 Å². The van der Waals surface area contributed by atoms with Crippen LogP contribution in [0.5, 0.6) is 0 Å². The summed E-state index contributed by atoms with van der Waals surface area (Å²) in [6.07, 6.45) is 2.32. The number of anilines is 1. The minimum absolute atomic E-state index is 0.101. The van der Waals surface area contributed by atoms with Gasteiger partial charge in [0.1, 0.15) is 5.69 Å². The van der Waals surface area contributed by atoms with Crippen molar-refractivity contribution in [2.24, 2.45) is 11.7 Å². The van der Waals surface area contributed by atoms with Crippen LogP contribution in [-0.2, 0) is 0 Å². The maximum absolute atomic E-state index is 12.0. The van der Waals surface area contributed by atoms with Gasteiger partial charge >= 0.3 is 0 Å². The third-order valence-corrected chi connectivity index (χ3v) is 3.15. The van der Waals surface area contributed by atoms with E-state index < -0.39 is 0 Å². The second-order valence-corrected chi connectivity index (χ2v) is 6.18. The number of carbonyl (C=O) groups excluding carboxylic acids is 1. The molecular formula is C15H24N4OS. The van der Waals surface area contributed by atoms with Gasteiger partial charge < -0.3 is 15.5 Å². The monoisotopic (exact) mass is 308 g/mol. The maximum Gasteiger partial charge on any atom is 0.272 e. The summed E-state index contributed by atoms with van der Waals surface area (Å²) in [5, 5.41) is 0. The average Bonchev–Trinajstić information content (AvgIpc) is 2.42. The summed E-state index contributed by atoms with van der Waals surface area (Å²) in [6, 6.07) is 3.73. The lowest BCUT2D eigenvalue weighted by Gasteiger charge is -2.27. The van der Waals surface area contributed by atoms with Crippen molar-refractivity contribution in [2.75, 3.05) is 32.1 Å². The molecule has 0 saturated heterocycles. The molecule has 0 spiro atoms. The number of thiocarbonyl (C=S) groups is 1. The second kappa shape index (κ2) is 7.93. The van der Waals surface area contributed by atoms with E-state index in [4.69, 9.17) is 18.0 Å². The fraction of sp³-hybridized carbons (Fsp3) is 0.533. The molecule has 0 atom stereocenters. The summed E-state index contributed by atoms with van der Waals surface area (Å²) in [4.78, 5) is 20.4. The molecule has 1 amide bonds. The van der Waals surface area contributed by atoms with Crippen LogP contribution in [0.25, 0.3) is 0 Å². The smallest absolute Gasteiger partial charge is 0.272 e. The number of hydrogen-bond acceptors (Lipinski definition) is 4. The predicted molar refractivity (Wildman–Crippen MR) is 90.7 cm³/mol. The molecule has 6 heteroatoms. The summed E-state index contributed by atoms with van der Waals surface area (Å²) in [5.74, 6) is 0.396. The van der Waals surface area contributed by atoms with Gasteiger partial charge in [-0.15, -0.1) is 0 Å². The Labute approximate surface area is 132 Å². The van der Waals surface area contributed by atoms with Crippen molar-refractivity contribution in [3.05, 3.63) is 24.0 Å². The van der Waals surface area contributed by atoms with E-state index in [9.17, 15) is 4.79 Å². The molecular weight excluding hydrogens is 284 g/mol. The van der Waals surface area contributed by atoms with Crippen LogP contribution in [0.1, 0.15) is 30.8 Å². The van der Waals surface area contributed by atoms with E-state index in [0.29, 0.717) is 23.0 Å². The predicted octanol–water partition coefficient (Wildman–Crippen LogP) is 1.92. The molecule has 1 heterocycles. The molecule has 5 nitrogen and oxygen atoms in total.